The Kier molecular flexibility index (Phi) is 3.62. The zero-order valence-corrected chi connectivity index (χ0v) is 10.6. The van der Waals surface area contributed by atoms with Gasteiger partial charge < -0.3 is 0 Å². The lowest BCUT2D eigenvalue weighted by molar-refractivity contribution is -0.137. The Labute approximate surface area is 112 Å². The van der Waals surface area contributed by atoms with E-state index in [-0.39, 0.29) is 5.82 Å². The number of benzene rings is 1. The average Bonchev–Trinajstić information content (AvgIpc) is 2.38. The minimum atomic E-state index is -4.61. The summed E-state index contributed by atoms with van der Waals surface area (Å²) in [7, 11) is -4.15. The maximum absolute atomic E-state index is 12.5. The molecular formula is C11H8F3N3O2S. The number of hydrogen-bond donors (Lipinski definition) is 1. The minimum absolute atomic E-state index is 0.0788. The SMILES string of the molecule is O=S(=O)(Nc1cnccn1)c1cccc(C(F)(F)F)c1. The molecule has 0 saturated carbocycles. The van der Waals surface area contributed by atoms with Crippen molar-refractivity contribution in [1.82, 2.24) is 9.97 Å². The molecule has 0 amide bonds. The molecule has 1 aromatic carbocycles. The predicted octanol–water partition coefficient (Wildman–Crippen LogP) is 2.30. The number of sulfonamides is 1. The van der Waals surface area contributed by atoms with Gasteiger partial charge in [-0.05, 0) is 18.2 Å². The highest BCUT2D eigenvalue weighted by atomic mass is 32.2. The third-order valence-electron chi connectivity index (χ3n) is 2.27. The maximum atomic E-state index is 12.5. The number of alkyl halides is 3. The zero-order valence-electron chi connectivity index (χ0n) is 9.79. The quantitative estimate of drug-likeness (QED) is 0.944. The molecule has 0 aliphatic rings. The monoisotopic (exact) mass is 303 g/mol. The van der Waals surface area contributed by atoms with Gasteiger partial charge in [0.2, 0.25) is 0 Å². The van der Waals surface area contributed by atoms with Crippen molar-refractivity contribution < 1.29 is 21.6 Å². The smallest absolute Gasteiger partial charge is 0.262 e. The van der Waals surface area contributed by atoms with Crippen LogP contribution in [0.3, 0.4) is 0 Å². The van der Waals surface area contributed by atoms with Crippen LogP contribution < -0.4 is 4.72 Å². The zero-order chi connectivity index (χ0) is 14.8. The summed E-state index contributed by atoms with van der Waals surface area (Å²) in [6, 6.07) is 3.43. The summed E-state index contributed by atoms with van der Waals surface area (Å²) in [5.74, 6) is -0.0788. The van der Waals surface area contributed by atoms with Crippen LogP contribution in [-0.2, 0) is 16.2 Å². The van der Waals surface area contributed by atoms with Crippen molar-refractivity contribution >= 4 is 15.8 Å². The first-order chi connectivity index (χ1) is 9.29. The van der Waals surface area contributed by atoms with Gasteiger partial charge in [-0.25, -0.2) is 13.4 Å². The molecular weight excluding hydrogens is 295 g/mol. The fourth-order valence-electron chi connectivity index (χ4n) is 1.39. The van der Waals surface area contributed by atoms with Gasteiger partial charge in [-0.2, -0.15) is 13.2 Å². The van der Waals surface area contributed by atoms with E-state index in [1.54, 1.807) is 0 Å². The van der Waals surface area contributed by atoms with E-state index in [2.05, 4.69) is 9.97 Å². The first-order valence-electron chi connectivity index (χ1n) is 5.25. The van der Waals surface area contributed by atoms with E-state index >= 15 is 0 Å². The standard InChI is InChI=1S/C11H8F3N3O2S/c12-11(13,14)8-2-1-3-9(6-8)20(18,19)17-10-7-15-4-5-16-10/h1-7H,(H,16,17). The van der Waals surface area contributed by atoms with Crippen LogP contribution in [0.25, 0.3) is 0 Å². The molecule has 0 spiro atoms. The van der Waals surface area contributed by atoms with Gasteiger partial charge in [-0.3, -0.25) is 9.71 Å². The van der Waals surface area contributed by atoms with Crippen LogP contribution in [-0.4, -0.2) is 18.4 Å². The van der Waals surface area contributed by atoms with E-state index in [9.17, 15) is 21.6 Å². The van der Waals surface area contributed by atoms with Crippen molar-refractivity contribution in [2.24, 2.45) is 0 Å². The van der Waals surface area contributed by atoms with Crippen molar-refractivity contribution in [3.8, 4) is 0 Å². The molecule has 0 bridgehead atoms. The third kappa shape index (κ3) is 3.23. The number of rotatable bonds is 3. The number of anilines is 1. The van der Waals surface area contributed by atoms with E-state index in [1.807, 2.05) is 4.72 Å². The Hall–Kier alpha value is -2.16. The van der Waals surface area contributed by atoms with Crippen molar-refractivity contribution in [3.05, 3.63) is 48.4 Å². The molecule has 106 valence electrons. The Morgan fingerprint density at radius 3 is 2.50 bits per heavy atom. The topological polar surface area (TPSA) is 72.0 Å². The number of nitrogens with zero attached hydrogens (tertiary/aromatic N) is 2. The molecule has 0 radical (unpaired) electrons. The van der Waals surface area contributed by atoms with Gasteiger partial charge in [0.15, 0.2) is 5.82 Å². The molecule has 0 fully saturated rings. The Bertz CT molecular complexity index is 702. The predicted molar refractivity (Wildman–Crippen MR) is 64.3 cm³/mol. The highest BCUT2D eigenvalue weighted by molar-refractivity contribution is 7.92. The van der Waals surface area contributed by atoms with Crippen LogP contribution in [0.15, 0.2) is 47.8 Å². The molecule has 0 unspecified atom stereocenters. The fourth-order valence-corrected chi connectivity index (χ4v) is 2.43. The van der Waals surface area contributed by atoms with E-state index < -0.39 is 26.7 Å². The van der Waals surface area contributed by atoms with Gasteiger partial charge in [0.25, 0.3) is 10.0 Å². The largest absolute Gasteiger partial charge is 0.416 e. The minimum Gasteiger partial charge on any atom is -0.262 e. The molecule has 2 aromatic rings. The molecule has 1 heterocycles. The van der Waals surface area contributed by atoms with Gasteiger partial charge >= 0.3 is 6.18 Å². The molecule has 5 nitrogen and oxygen atoms in total. The van der Waals surface area contributed by atoms with Gasteiger partial charge in [-0.15, -0.1) is 0 Å². The van der Waals surface area contributed by atoms with Crippen LogP contribution in [0.2, 0.25) is 0 Å². The maximum Gasteiger partial charge on any atom is 0.416 e. The number of aromatic nitrogens is 2. The summed E-state index contributed by atoms with van der Waals surface area (Å²) in [4.78, 5) is 6.83. The molecule has 0 aliphatic heterocycles. The summed E-state index contributed by atoms with van der Waals surface area (Å²) in [6.07, 6.45) is -0.880. The average molecular weight is 303 g/mol. The summed E-state index contributed by atoms with van der Waals surface area (Å²) < 4.78 is 63.5. The van der Waals surface area contributed by atoms with Crippen LogP contribution >= 0.6 is 0 Å². The Balaban J connectivity index is 2.35. The summed E-state index contributed by atoms with van der Waals surface area (Å²) in [6.45, 7) is 0. The molecule has 0 aliphatic carbocycles. The van der Waals surface area contributed by atoms with Crippen molar-refractivity contribution in [1.29, 1.82) is 0 Å². The summed E-state index contributed by atoms with van der Waals surface area (Å²) in [5, 5.41) is 0. The van der Waals surface area contributed by atoms with E-state index in [4.69, 9.17) is 0 Å². The second-order valence-electron chi connectivity index (χ2n) is 3.72. The highest BCUT2D eigenvalue weighted by Crippen LogP contribution is 2.30. The van der Waals surface area contributed by atoms with E-state index in [0.29, 0.717) is 6.07 Å². The van der Waals surface area contributed by atoms with Crippen LogP contribution in [0, 0.1) is 0 Å². The number of nitrogens with one attached hydrogen (secondary N) is 1. The first-order valence-corrected chi connectivity index (χ1v) is 6.73. The third-order valence-corrected chi connectivity index (χ3v) is 3.63. The second kappa shape index (κ2) is 5.08. The van der Waals surface area contributed by atoms with E-state index in [0.717, 1.165) is 24.4 Å². The van der Waals surface area contributed by atoms with Crippen molar-refractivity contribution in [3.63, 3.8) is 0 Å². The molecule has 20 heavy (non-hydrogen) atoms. The van der Waals surface area contributed by atoms with Crippen molar-refractivity contribution in [2.75, 3.05) is 4.72 Å². The van der Waals surface area contributed by atoms with Gasteiger partial charge in [0.05, 0.1) is 16.7 Å². The first kappa shape index (κ1) is 14.3. The van der Waals surface area contributed by atoms with Crippen molar-refractivity contribution in [2.45, 2.75) is 11.1 Å². The molecule has 0 atom stereocenters. The Morgan fingerprint density at radius 1 is 1.15 bits per heavy atom. The lowest BCUT2D eigenvalue weighted by Gasteiger charge is -2.10. The van der Waals surface area contributed by atoms with Crippen LogP contribution in [0.5, 0.6) is 0 Å². The molecule has 1 N–H and O–H groups in total. The lowest BCUT2D eigenvalue weighted by Crippen LogP contribution is -2.15. The van der Waals surface area contributed by atoms with Crippen LogP contribution in [0.4, 0.5) is 19.0 Å². The molecule has 0 saturated heterocycles. The van der Waals surface area contributed by atoms with Gasteiger partial charge in [0.1, 0.15) is 0 Å². The van der Waals surface area contributed by atoms with Gasteiger partial charge in [0, 0.05) is 12.4 Å². The lowest BCUT2D eigenvalue weighted by atomic mass is 10.2. The highest BCUT2D eigenvalue weighted by Gasteiger charge is 2.31. The molecule has 2 rings (SSSR count). The normalized spacial score (nSPS) is 12.2. The summed E-state index contributed by atoms with van der Waals surface area (Å²) >= 11 is 0. The van der Waals surface area contributed by atoms with Crippen LogP contribution in [0.1, 0.15) is 5.56 Å². The number of halogens is 3. The fraction of sp³-hybridized carbons (Fsp3) is 0.0909. The van der Waals surface area contributed by atoms with Gasteiger partial charge in [-0.1, -0.05) is 6.07 Å². The summed E-state index contributed by atoms with van der Waals surface area (Å²) in [5.41, 5.74) is -1.04. The molecule has 1 aromatic heterocycles. The molecule has 9 heteroatoms. The van der Waals surface area contributed by atoms with E-state index in [1.165, 1.54) is 12.4 Å². The Morgan fingerprint density at radius 2 is 1.90 bits per heavy atom. The number of hydrogen-bond acceptors (Lipinski definition) is 4. The second-order valence-corrected chi connectivity index (χ2v) is 5.40.